The summed E-state index contributed by atoms with van der Waals surface area (Å²) < 4.78 is 6.64. The Morgan fingerprint density at radius 3 is 2.35 bits per heavy atom. The number of fused-ring (bicyclic) bond motifs is 1. The zero-order valence-electron chi connectivity index (χ0n) is 16.3. The quantitative estimate of drug-likeness (QED) is 0.600. The van der Waals surface area contributed by atoms with Crippen LogP contribution in [-0.4, -0.2) is 52.6 Å². The van der Waals surface area contributed by atoms with Gasteiger partial charge < -0.3 is 10.1 Å². The number of urea groups is 1. The first-order valence-electron chi connectivity index (χ1n) is 8.98. The third-order valence-corrected chi connectivity index (χ3v) is 5.78. The second-order valence-electron chi connectivity index (χ2n) is 6.72. The van der Waals surface area contributed by atoms with Crippen molar-refractivity contribution in [2.45, 2.75) is 0 Å². The van der Waals surface area contributed by atoms with Crippen LogP contribution in [0.4, 0.5) is 10.5 Å². The number of ether oxygens (including phenoxy) is 1. The van der Waals surface area contributed by atoms with Gasteiger partial charge in [0.1, 0.15) is 5.75 Å². The first kappa shape index (κ1) is 20.8. The smallest absolute Gasteiger partial charge is 0.332 e. The standard InChI is InChI=1S/C20H15ClN4O5S/c1-24-17(27)15(18(28)25(2)20(24)29)16(26)22-11-4-6-12(7-5-11)30-19-23-13-8-3-10(21)9-14(13)31-19/h3-9,15H,1-2H3,(H,22,26). The van der Waals surface area contributed by atoms with E-state index < -0.39 is 29.7 Å². The predicted octanol–water partition coefficient (Wildman–Crippen LogP) is 3.35. The van der Waals surface area contributed by atoms with Crippen molar-refractivity contribution in [1.29, 1.82) is 0 Å². The molecule has 1 aliphatic rings. The zero-order chi connectivity index (χ0) is 22.3. The van der Waals surface area contributed by atoms with Gasteiger partial charge in [-0.2, -0.15) is 0 Å². The molecule has 158 valence electrons. The average molecular weight is 459 g/mol. The molecular weight excluding hydrogens is 444 g/mol. The fourth-order valence-corrected chi connectivity index (χ4v) is 4.08. The first-order chi connectivity index (χ1) is 14.7. The summed E-state index contributed by atoms with van der Waals surface area (Å²) in [4.78, 5) is 54.6. The van der Waals surface area contributed by atoms with Crippen LogP contribution in [0.5, 0.6) is 10.9 Å². The Bertz CT molecular complexity index is 1200. The molecule has 0 spiro atoms. The van der Waals surface area contributed by atoms with E-state index in [1.807, 2.05) is 0 Å². The van der Waals surface area contributed by atoms with Gasteiger partial charge in [0, 0.05) is 24.8 Å². The van der Waals surface area contributed by atoms with E-state index in [1.165, 1.54) is 25.4 Å². The molecule has 0 aliphatic carbocycles. The van der Waals surface area contributed by atoms with Crippen molar-refractivity contribution in [3.05, 3.63) is 47.5 Å². The Balaban J connectivity index is 1.45. The van der Waals surface area contributed by atoms with E-state index in [2.05, 4.69) is 10.3 Å². The minimum atomic E-state index is -1.63. The monoisotopic (exact) mass is 458 g/mol. The van der Waals surface area contributed by atoms with Gasteiger partial charge in [-0.1, -0.05) is 22.9 Å². The number of carbonyl (C=O) groups excluding carboxylic acids is 4. The number of imide groups is 2. The number of barbiturate groups is 1. The summed E-state index contributed by atoms with van der Waals surface area (Å²) in [5.41, 5.74) is 1.12. The molecule has 1 N–H and O–H groups in total. The zero-order valence-corrected chi connectivity index (χ0v) is 17.9. The number of hydrogen-bond acceptors (Lipinski definition) is 7. The number of nitrogens with zero attached hydrogens (tertiary/aromatic N) is 3. The number of carbonyl (C=O) groups is 4. The Hall–Kier alpha value is -3.50. The highest BCUT2D eigenvalue weighted by Crippen LogP contribution is 2.33. The second kappa shape index (κ2) is 7.97. The maximum atomic E-state index is 12.5. The van der Waals surface area contributed by atoms with Crippen molar-refractivity contribution in [1.82, 2.24) is 14.8 Å². The van der Waals surface area contributed by atoms with E-state index in [-0.39, 0.29) is 0 Å². The van der Waals surface area contributed by atoms with E-state index in [0.717, 1.165) is 20.0 Å². The van der Waals surface area contributed by atoms with Crippen molar-refractivity contribution >= 4 is 62.6 Å². The van der Waals surface area contributed by atoms with E-state index >= 15 is 0 Å². The van der Waals surface area contributed by atoms with Crippen molar-refractivity contribution in [2.75, 3.05) is 19.4 Å². The van der Waals surface area contributed by atoms with Crippen LogP contribution in [0.2, 0.25) is 5.02 Å². The molecule has 5 amide bonds. The van der Waals surface area contributed by atoms with Crippen LogP contribution in [0.3, 0.4) is 0 Å². The van der Waals surface area contributed by atoms with E-state index in [4.69, 9.17) is 16.3 Å². The van der Waals surface area contributed by atoms with Gasteiger partial charge in [-0.3, -0.25) is 24.2 Å². The topological polar surface area (TPSA) is 109 Å². The van der Waals surface area contributed by atoms with Crippen molar-refractivity contribution < 1.29 is 23.9 Å². The summed E-state index contributed by atoms with van der Waals surface area (Å²) in [6, 6.07) is 10.9. The molecule has 31 heavy (non-hydrogen) atoms. The molecule has 2 aromatic carbocycles. The van der Waals surface area contributed by atoms with Crippen LogP contribution < -0.4 is 10.1 Å². The Kier molecular flexibility index (Phi) is 5.34. The molecule has 0 bridgehead atoms. The number of nitrogens with one attached hydrogen (secondary N) is 1. The van der Waals surface area contributed by atoms with Crippen LogP contribution >= 0.6 is 22.9 Å². The summed E-state index contributed by atoms with van der Waals surface area (Å²) in [5.74, 6) is -3.71. The molecule has 0 saturated carbocycles. The highest BCUT2D eigenvalue weighted by molar-refractivity contribution is 7.20. The normalized spacial score (nSPS) is 15.0. The molecule has 2 heterocycles. The number of aromatic nitrogens is 1. The number of amides is 5. The lowest BCUT2D eigenvalue weighted by Gasteiger charge is -2.32. The van der Waals surface area contributed by atoms with E-state index in [1.54, 1.807) is 42.5 Å². The molecule has 1 saturated heterocycles. The summed E-state index contributed by atoms with van der Waals surface area (Å²) >= 11 is 7.33. The SMILES string of the molecule is CN1C(=O)C(C(=O)Nc2ccc(Oc3nc4ccc(Cl)cc4s3)cc2)C(=O)N(C)C1=O. The molecule has 9 nitrogen and oxygen atoms in total. The van der Waals surface area contributed by atoms with Crippen LogP contribution in [0.1, 0.15) is 0 Å². The van der Waals surface area contributed by atoms with Gasteiger partial charge in [-0.05, 0) is 42.5 Å². The minimum Gasteiger partial charge on any atom is -0.431 e. The minimum absolute atomic E-state index is 0.358. The summed E-state index contributed by atoms with van der Waals surface area (Å²) in [5, 5.41) is 3.56. The molecule has 4 rings (SSSR count). The summed E-state index contributed by atoms with van der Waals surface area (Å²) in [7, 11) is 2.44. The molecule has 0 radical (unpaired) electrons. The molecule has 1 fully saturated rings. The highest BCUT2D eigenvalue weighted by atomic mass is 35.5. The fourth-order valence-electron chi connectivity index (χ4n) is 2.97. The highest BCUT2D eigenvalue weighted by Gasteiger charge is 2.46. The largest absolute Gasteiger partial charge is 0.431 e. The third-order valence-electron chi connectivity index (χ3n) is 4.65. The molecule has 0 atom stereocenters. The van der Waals surface area contributed by atoms with Gasteiger partial charge in [0.15, 0.2) is 5.92 Å². The maximum absolute atomic E-state index is 12.5. The van der Waals surface area contributed by atoms with Crippen LogP contribution in [0.25, 0.3) is 10.2 Å². The summed E-state index contributed by atoms with van der Waals surface area (Å²) in [6.07, 6.45) is 0. The molecular formula is C20H15ClN4O5S. The molecule has 1 aliphatic heterocycles. The lowest BCUT2D eigenvalue weighted by Crippen LogP contribution is -2.59. The Morgan fingerprint density at radius 1 is 1.06 bits per heavy atom. The van der Waals surface area contributed by atoms with Gasteiger partial charge in [0.2, 0.25) is 5.91 Å². The number of rotatable bonds is 4. The van der Waals surface area contributed by atoms with Crippen LogP contribution in [0, 0.1) is 5.92 Å². The van der Waals surface area contributed by atoms with Crippen molar-refractivity contribution in [2.24, 2.45) is 5.92 Å². The van der Waals surface area contributed by atoms with Gasteiger partial charge in [-0.15, -0.1) is 0 Å². The molecule has 0 unspecified atom stereocenters. The third kappa shape index (κ3) is 3.94. The maximum Gasteiger partial charge on any atom is 0.332 e. The molecule has 11 heteroatoms. The number of thiazole rings is 1. The fraction of sp³-hybridized carbons (Fsp3) is 0.150. The van der Waals surface area contributed by atoms with Gasteiger partial charge in [-0.25, -0.2) is 9.78 Å². The number of anilines is 1. The van der Waals surface area contributed by atoms with Gasteiger partial charge in [0.05, 0.1) is 10.2 Å². The molecule has 3 aromatic rings. The second-order valence-corrected chi connectivity index (χ2v) is 8.15. The molecule has 1 aromatic heterocycles. The number of benzene rings is 2. The lowest BCUT2D eigenvalue weighted by molar-refractivity contribution is -0.151. The van der Waals surface area contributed by atoms with E-state index in [0.29, 0.717) is 21.7 Å². The van der Waals surface area contributed by atoms with Crippen LogP contribution in [-0.2, 0) is 14.4 Å². The number of hydrogen-bond donors (Lipinski definition) is 1. The number of halogens is 1. The Morgan fingerprint density at radius 2 is 1.71 bits per heavy atom. The van der Waals surface area contributed by atoms with Gasteiger partial charge >= 0.3 is 6.03 Å². The summed E-state index contributed by atoms with van der Waals surface area (Å²) in [6.45, 7) is 0. The van der Waals surface area contributed by atoms with Crippen molar-refractivity contribution in [3.63, 3.8) is 0 Å². The lowest BCUT2D eigenvalue weighted by atomic mass is 10.0. The van der Waals surface area contributed by atoms with E-state index in [9.17, 15) is 19.2 Å². The first-order valence-corrected chi connectivity index (χ1v) is 10.2. The van der Waals surface area contributed by atoms with Gasteiger partial charge in [0.25, 0.3) is 17.0 Å². The average Bonchev–Trinajstić information content (AvgIpc) is 3.13. The van der Waals surface area contributed by atoms with Crippen molar-refractivity contribution in [3.8, 4) is 10.9 Å². The Labute approximate surface area is 185 Å². The van der Waals surface area contributed by atoms with Crippen LogP contribution in [0.15, 0.2) is 42.5 Å². The predicted molar refractivity (Wildman–Crippen MR) is 114 cm³/mol.